The van der Waals surface area contributed by atoms with Gasteiger partial charge in [0.05, 0.1) is 11.0 Å². The first-order chi connectivity index (χ1) is 8.54. The number of benzene rings is 1. The lowest BCUT2D eigenvalue weighted by atomic mass is 10.1. The second-order valence-corrected chi connectivity index (χ2v) is 3.98. The minimum absolute atomic E-state index is 0.0655. The first-order valence-electron chi connectivity index (χ1n) is 5.81. The molecule has 0 aliphatic carbocycles. The number of amides is 1. The summed E-state index contributed by atoms with van der Waals surface area (Å²) in [6, 6.07) is 5.81. The van der Waals surface area contributed by atoms with Gasteiger partial charge in [0.15, 0.2) is 0 Å². The maximum atomic E-state index is 11.4. The van der Waals surface area contributed by atoms with Crippen LogP contribution in [0, 0.1) is 10.1 Å². The van der Waals surface area contributed by atoms with Crippen LogP contribution >= 0.6 is 0 Å². The number of rotatable bonds is 6. The predicted octanol–water partition coefficient (Wildman–Crippen LogP) is 0.991. The van der Waals surface area contributed by atoms with E-state index in [1.165, 1.54) is 12.1 Å². The molecule has 1 atom stereocenters. The zero-order chi connectivity index (χ0) is 13.5. The molecule has 0 radical (unpaired) electrons. The third kappa shape index (κ3) is 4.14. The van der Waals surface area contributed by atoms with Crippen molar-refractivity contribution in [3.05, 3.63) is 39.9 Å². The van der Waals surface area contributed by atoms with Crippen molar-refractivity contribution < 1.29 is 9.72 Å². The molecule has 0 spiro atoms. The highest BCUT2D eigenvalue weighted by Crippen LogP contribution is 2.11. The highest BCUT2D eigenvalue weighted by Gasteiger charge is 2.09. The molecule has 0 saturated carbocycles. The van der Waals surface area contributed by atoms with Crippen molar-refractivity contribution in [1.82, 2.24) is 5.32 Å². The van der Waals surface area contributed by atoms with Gasteiger partial charge < -0.3 is 11.1 Å². The van der Waals surface area contributed by atoms with Crippen LogP contribution in [-0.2, 0) is 11.2 Å². The lowest BCUT2D eigenvalue weighted by Gasteiger charge is -2.09. The molecule has 0 saturated heterocycles. The van der Waals surface area contributed by atoms with E-state index in [1.807, 2.05) is 6.92 Å². The highest BCUT2D eigenvalue weighted by molar-refractivity contribution is 5.81. The van der Waals surface area contributed by atoms with E-state index >= 15 is 0 Å². The maximum Gasteiger partial charge on any atom is 0.269 e. The molecule has 18 heavy (non-hydrogen) atoms. The summed E-state index contributed by atoms with van der Waals surface area (Å²) in [6.45, 7) is 2.32. The third-order valence-electron chi connectivity index (χ3n) is 2.64. The molecule has 1 aromatic rings. The van der Waals surface area contributed by atoms with Crippen LogP contribution in [0.4, 0.5) is 5.69 Å². The summed E-state index contributed by atoms with van der Waals surface area (Å²) in [5.41, 5.74) is 6.56. The summed E-state index contributed by atoms with van der Waals surface area (Å²) in [6.07, 6.45) is 1.23. The summed E-state index contributed by atoms with van der Waals surface area (Å²) in [7, 11) is 0. The van der Waals surface area contributed by atoms with Crippen molar-refractivity contribution >= 4 is 11.6 Å². The minimum atomic E-state index is -0.470. The number of nitrogens with zero attached hydrogens (tertiary/aromatic N) is 1. The molecule has 0 aromatic heterocycles. The number of nitro groups is 1. The molecule has 1 rings (SSSR count). The van der Waals surface area contributed by atoms with Gasteiger partial charge in [0.2, 0.25) is 5.91 Å². The molecule has 98 valence electrons. The molecule has 1 amide bonds. The fraction of sp³-hybridized carbons (Fsp3) is 0.417. The second kappa shape index (κ2) is 6.70. The van der Waals surface area contributed by atoms with Gasteiger partial charge in [-0.2, -0.15) is 0 Å². The number of nitrogens with one attached hydrogen (secondary N) is 1. The van der Waals surface area contributed by atoms with Crippen molar-refractivity contribution in [2.75, 3.05) is 6.54 Å². The molecular weight excluding hydrogens is 234 g/mol. The molecule has 0 heterocycles. The minimum Gasteiger partial charge on any atom is -0.354 e. The summed E-state index contributed by atoms with van der Waals surface area (Å²) >= 11 is 0. The Morgan fingerprint density at radius 1 is 1.44 bits per heavy atom. The number of non-ortho nitro benzene ring substituents is 1. The fourth-order valence-electron chi connectivity index (χ4n) is 1.43. The van der Waals surface area contributed by atoms with E-state index in [1.54, 1.807) is 12.1 Å². The predicted molar refractivity (Wildman–Crippen MR) is 68.1 cm³/mol. The number of nitrogens with two attached hydrogens (primary N) is 1. The van der Waals surface area contributed by atoms with Crippen LogP contribution in [0.25, 0.3) is 0 Å². The van der Waals surface area contributed by atoms with E-state index < -0.39 is 11.0 Å². The number of carbonyl (C=O) groups excluding carboxylic acids is 1. The molecule has 0 bridgehead atoms. The van der Waals surface area contributed by atoms with Crippen molar-refractivity contribution in [1.29, 1.82) is 0 Å². The quantitative estimate of drug-likeness (QED) is 0.581. The lowest BCUT2D eigenvalue weighted by molar-refractivity contribution is -0.384. The molecule has 0 aliphatic heterocycles. The molecule has 1 unspecified atom stereocenters. The Morgan fingerprint density at radius 2 is 2.06 bits per heavy atom. The van der Waals surface area contributed by atoms with Crippen molar-refractivity contribution in [3.8, 4) is 0 Å². The molecule has 0 aliphatic rings. The zero-order valence-electron chi connectivity index (χ0n) is 10.3. The Morgan fingerprint density at radius 3 is 2.56 bits per heavy atom. The van der Waals surface area contributed by atoms with E-state index in [0.29, 0.717) is 19.4 Å². The SMILES string of the molecule is CCC(N)C(=O)NCCc1ccc([N+](=O)[O-])cc1. The van der Waals surface area contributed by atoms with Crippen LogP contribution in [-0.4, -0.2) is 23.4 Å². The standard InChI is InChI=1S/C12H17N3O3/c1-2-11(13)12(16)14-8-7-9-3-5-10(6-4-9)15(17)18/h3-6,11H,2,7-8,13H2,1H3,(H,14,16). The molecule has 6 nitrogen and oxygen atoms in total. The van der Waals surface area contributed by atoms with E-state index in [4.69, 9.17) is 5.73 Å². The average molecular weight is 251 g/mol. The van der Waals surface area contributed by atoms with Crippen molar-refractivity contribution in [2.24, 2.45) is 5.73 Å². The second-order valence-electron chi connectivity index (χ2n) is 3.98. The monoisotopic (exact) mass is 251 g/mol. The van der Waals surface area contributed by atoms with Gasteiger partial charge >= 0.3 is 0 Å². The Labute approximate surface area is 105 Å². The number of carbonyl (C=O) groups is 1. The molecule has 6 heteroatoms. The van der Waals surface area contributed by atoms with Crippen LogP contribution in [0.1, 0.15) is 18.9 Å². The van der Waals surface area contributed by atoms with Crippen LogP contribution in [0.3, 0.4) is 0 Å². The lowest BCUT2D eigenvalue weighted by Crippen LogP contribution is -2.40. The van der Waals surface area contributed by atoms with Gasteiger partial charge in [-0.05, 0) is 18.4 Å². The Kier molecular flexibility index (Phi) is 5.26. The zero-order valence-corrected chi connectivity index (χ0v) is 10.3. The molecule has 0 fully saturated rings. The van der Waals surface area contributed by atoms with Gasteiger partial charge in [0.25, 0.3) is 5.69 Å². The van der Waals surface area contributed by atoms with Crippen molar-refractivity contribution in [2.45, 2.75) is 25.8 Å². The van der Waals surface area contributed by atoms with Crippen molar-refractivity contribution in [3.63, 3.8) is 0 Å². The van der Waals surface area contributed by atoms with Gasteiger partial charge in [0, 0.05) is 18.7 Å². The van der Waals surface area contributed by atoms with Crippen LogP contribution in [0.2, 0.25) is 0 Å². The Hall–Kier alpha value is -1.95. The van der Waals surface area contributed by atoms with Crippen LogP contribution in [0.5, 0.6) is 0 Å². The highest BCUT2D eigenvalue weighted by atomic mass is 16.6. The van der Waals surface area contributed by atoms with E-state index in [9.17, 15) is 14.9 Å². The van der Waals surface area contributed by atoms with E-state index in [0.717, 1.165) is 5.56 Å². The van der Waals surface area contributed by atoms with Crippen LogP contribution < -0.4 is 11.1 Å². The molecular formula is C12H17N3O3. The summed E-state index contributed by atoms with van der Waals surface area (Å²) < 4.78 is 0. The van der Waals surface area contributed by atoms with Gasteiger partial charge in [-0.1, -0.05) is 19.1 Å². The average Bonchev–Trinajstić information content (AvgIpc) is 2.38. The Bertz CT molecular complexity index is 417. The van der Waals surface area contributed by atoms with E-state index in [-0.39, 0.29) is 11.6 Å². The smallest absolute Gasteiger partial charge is 0.269 e. The first kappa shape index (κ1) is 14.1. The van der Waals surface area contributed by atoms with Gasteiger partial charge in [-0.25, -0.2) is 0 Å². The summed E-state index contributed by atoms with van der Waals surface area (Å²) in [5.74, 6) is -0.167. The molecule has 1 aromatic carbocycles. The van der Waals surface area contributed by atoms with E-state index in [2.05, 4.69) is 5.32 Å². The third-order valence-corrected chi connectivity index (χ3v) is 2.64. The van der Waals surface area contributed by atoms with Gasteiger partial charge in [0.1, 0.15) is 0 Å². The van der Waals surface area contributed by atoms with Gasteiger partial charge in [-0.3, -0.25) is 14.9 Å². The first-order valence-corrected chi connectivity index (χ1v) is 5.81. The maximum absolute atomic E-state index is 11.4. The molecule has 3 N–H and O–H groups in total. The number of nitro benzene ring substituents is 1. The number of hydrogen-bond acceptors (Lipinski definition) is 4. The van der Waals surface area contributed by atoms with Gasteiger partial charge in [-0.15, -0.1) is 0 Å². The topological polar surface area (TPSA) is 98.3 Å². The Balaban J connectivity index is 2.40. The number of hydrogen-bond donors (Lipinski definition) is 2. The normalized spacial score (nSPS) is 11.9. The van der Waals surface area contributed by atoms with Crippen LogP contribution in [0.15, 0.2) is 24.3 Å². The summed E-state index contributed by atoms with van der Waals surface area (Å²) in [5, 5.41) is 13.2. The fourth-order valence-corrected chi connectivity index (χ4v) is 1.43. The summed E-state index contributed by atoms with van der Waals surface area (Å²) in [4.78, 5) is 21.4. The largest absolute Gasteiger partial charge is 0.354 e.